The van der Waals surface area contributed by atoms with Crippen LogP contribution in [0.2, 0.25) is 0 Å². The Labute approximate surface area is 122 Å². The van der Waals surface area contributed by atoms with E-state index in [9.17, 15) is 19.7 Å². The molecule has 1 N–H and O–H groups in total. The Bertz CT molecular complexity index is 570. The third-order valence-corrected chi connectivity index (χ3v) is 3.26. The van der Waals surface area contributed by atoms with Crippen molar-refractivity contribution in [2.24, 2.45) is 0 Å². The average molecular weight is 294 g/mol. The fraction of sp³-hybridized carbons (Fsp3) is 0.429. The molecule has 7 nitrogen and oxygen atoms in total. The molecule has 0 aromatic heterocycles. The highest BCUT2D eigenvalue weighted by Gasteiger charge is 2.23. The molecule has 0 heterocycles. The highest BCUT2D eigenvalue weighted by molar-refractivity contribution is 5.95. The number of carboxylic acid groups (broad SMARTS) is 1. The van der Waals surface area contributed by atoms with Gasteiger partial charge in [-0.25, -0.2) is 0 Å². The van der Waals surface area contributed by atoms with Crippen LogP contribution >= 0.6 is 0 Å². The Hall–Kier alpha value is -2.44. The Kier molecular flexibility index (Phi) is 5.40. The van der Waals surface area contributed by atoms with Crippen LogP contribution in [0.5, 0.6) is 0 Å². The molecule has 1 rings (SSSR count). The van der Waals surface area contributed by atoms with E-state index in [1.165, 1.54) is 23.1 Å². The van der Waals surface area contributed by atoms with E-state index in [4.69, 9.17) is 5.11 Å². The minimum absolute atomic E-state index is 0.122. The fourth-order valence-corrected chi connectivity index (χ4v) is 2.12. The summed E-state index contributed by atoms with van der Waals surface area (Å²) < 4.78 is 0. The zero-order chi connectivity index (χ0) is 16.2. The number of hydrogen-bond acceptors (Lipinski definition) is 4. The van der Waals surface area contributed by atoms with Gasteiger partial charge in [-0.3, -0.25) is 19.7 Å². The predicted molar refractivity (Wildman–Crippen MR) is 76.3 cm³/mol. The maximum Gasteiger partial charge on any atom is 0.305 e. The van der Waals surface area contributed by atoms with E-state index in [0.29, 0.717) is 12.1 Å². The average Bonchev–Trinajstić information content (AvgIpc) is 2.38. The van der Waals surface area contributed by atoms with E-state index in [1.807, 2.05) is 0 Å². The molecule has 0 aliphatic rings. The van der Waals surface area contributed by atoms with E-state index >= 15 is 0 Å². The Morgan fingerprint density at radius 2 is 2.05 bits per heavy atom. The summed E-state index contributed by atoms with van der Waals surface area (Å²) in [6.45, 7) is 5.29. The number of carboxylic acids is 1. The summed E-state index contributed by atoms with van der Waals surface area (Å²) in [6, 6.07) is 3.77. The molecule has 0 spiro atoms. The van der Waals surface area contributed by atoms with Crippen LogP contribution in [0.15, 0.2) is 18.2 Å². The van der Waals surface area contributed by atoms with Gasteiger partial charge in [0.1, 0.15) is 0 Å². The summed E-state index contributed by atoms with van der Waals surface area (Å²) in [5.41, 5.74) is 0.535. The standard InChI is InChI=1S/C14H18N2O5/c1-4-15(10(3)7-13(17)18)14(19)11-6-5-9(2)12(8-11)16(20)21/h5-6,8,10H,4,7H2,1-3H3,(H,17,18). The SMILES string of the molecule is CCN(C(=O)c1ccc(C)c([N+](=O)[O-])c1)C(C)CC(=O)O. The summed E-state index contributed by atoms with van der Waals surface area (Å²) in [5, 5.41) is 19.7. The van der Waals surface area contributed by atoms with Crippen molar-refractivity contribution in [1.82, 2.24) is 4.90 Å². The first-order chi connectivity index (χ1) is 9.77. The molecule has 0 aliphatic carbocycles. The predicted octanol–water partition coefficient (Wildman–Crippen LogP) is 2.23. The van der Waals surface area contributed by atoms with Crippen LogP contribution < -0.4 is 0 Å². The lowest BCUT2D eigenvalue weighted by Crippen LogP contribution is -2.39. The molecule has 1 atom stereocenters. The van der Waals surface area contributed by atoms with E-state index in [1.54, 1.807) is 20.8 Å². The number of hydrogen-bond donors (Lipinski definition) is 1. The van der Waals surface area contributed by atoms with Crippen molar-refractivity contribution < 1.29 is 19.6 Å². The molecule has 1 unspecified atom stereocenters. The second-order valence-electron chi connectivity index (χ2n) is 4.80. The summed E-state index contributed by atoms with van der Waals surface area (Å²) >= 11 is 0. The Balaban J connectivity index is 3.08. The zero-order valence-electron chi connectivity index (χ0n) is 12.2. The maximum atomic E-state index is 12.4. The molecule has 0 radical (unpaired) electrons. The maximum absolute atomic E-state index is 12.4. The third-order valence-electron chi connectivity index (χ3n) is 3.26. The van der Waals surface area contributed by atoms with Crippen molar-refractivity contribution in [3.05, 3.63) is 39.4 Å². The minimum atomic E-state index is -0.997. The second-order valence-corrected chi connectivity index (χ2v) is 4.80. The fourth-order valence-electron chi connectivity index (χ4n) is 2.12. The normalized spacial score (nSPS) is 11.8. The molecule has 0 aliphatic heterocycles. The summed E-state index contributed by atoms with van der Waals surface area (Å²) in [6.07, 6.45) is -0.173. The number of nitrogens with zero attached hydrogens (tertiary/aromatic N) is 2. The van der Waals surface area contributed by atoms with Crippen molar-refractivity contribution in [1.29, 1.82) is 0 Å². The molecule has 1 aromatic rings. The lowest BCUT2D eigenvalue weighted by molar-refractivity contribution is -0.385. The summed E-state index contributed by atoms with van der Waals surface area (Å²) in [5.74, 6) is -1.40. The Morgan fingerprint density at radius 3 is 2.52 bits per heavy atom. The van der Waals surface area contributed by atoms with E-state index < -0.39 is 22.8 Å². The molecule has 0 bridgehead atoms. The molecule has 114 valence electrons. The zero-order valence-corrected chi connectivity index (χ0v) is 12.2. The number of benzene rings is 1. The van der Waals surface area contributed by atoms with Crippen LogP contribution in [-0.2, 0) is 4.79 Å². The van der Waals surface area contributed by atoms with Gasteiger partial charge < -0.3 is 10.0 Å². The third kappa shape index (κ3) is 4.01. The highest BCUT2D eigenvalue weighted by atomic mass is 16.6. The van der Waals surface area contributed by atoms with Crippen LogP contribution in [0.4, 0.5) is 5.69 Å². The van der Waals surface area contributed by atoms with Crippen molar-refractivity contribution >= 4 is 17.6 Å². The topological polar surface area (TPSA) is 101 Å². The molecular formula is C14H18N2O5. The first kappa shape index (κ1) is 16.6. The van der Waals surface area contributed by atoms with Crippen LogP contribution in [-0.4, -0.2) is 39.4 Å². The minimum Gasteiger partial charge on any atom is -0.481 e. The molecule has 0 saturated heterocycles. The summed E-state index contributed by atoms with van der Waals surface area (Å²) in [7, 11) is 0. The van der Waals surface area contributed by atoms with Gasteiger partial charge in [0.05, 0.1) is 11.3 Å². The van der Waals surface area contributed by atoms with Crippen LogP contribution in [0.1, 0.15) is 36.2 Å². The molecule has 0 saturated carbocycles. The van der Waals surface area contributed by atoms with Gasteiger partial charge in [0, 0.05) is 29.8 Å². The van der Waals surface area contributed by atoms with Crippen molar-refractivity contribution in [2.45, 2.75) is 33.2 Å². The second kappa shape index (κ2) is 6.83. The molecule has 0 fully saturated rings. The lowest BCUT2D eigenvalue weighted by Gasteiger charge is -2.27. The number of aliphatic carboxylic acids is 1. The number of aryl methyl sites for hydroxylation is 1. The number of amides is 1. The number of nitro groups is 1. The number of rotatable bonds is 6. The monoisotopic (exact) mass is 294 g/mol. The quantitative estimate of drug-likeness (QED) is 0.640. The molecule has 21 heavy (non-hydrogen) atoms. The van der Waals surface area contributed by atoms with Gasteiger partial charge in [0.25, 0.3) is 11.6 Å². The first-order valence-corrected chi connectivity index (χ1v) is 6.55. The Morgan fingerprint density at radius 1 is 1.43 bits per heavy atom. The molecule has 1 amide bonds. The smallest absolute Gasteiger partial charge is 0.305 e. The molecule has 7 heteroatoms. The van der Waals surface area contributed by atoms with Crippen LogP contribution in [0.25, 0.3) is 0 Å². The van der Waals surface area contributed by atoms with Crippen molar-refractivity contribution in [3.63, 3.8) is 0 Å². The van der Waals surface area contributed by atoms with Crippen LogP contribution in [0, 0.1) is 17.0 Å². The summed E-state index contributed by atoms with van der Waals surface area (Å²) in [4.78, 5) is 34.9. The largest absolute Gasteiger partial charge is 0.481 e. The number of carbonyl (C=O) groups is 2. The molecule has 1 aromatic carbocycles. The molecular weight excluding hydrogens is 276 g/mol. The van der Waals surface area contributed by atoms with Gasteiger partial charge in [-0.2, -0.15) is 0 Å². The number of carbonyl (C=O) groups excluding carboxylic acids is 1. The van der Waals surface area contributed by atoms with Gasteiger partial charge in [0.15, 0.2) is 0 Å². The van der Waals surface area contributed by atoms with E-state index in [-0.39, 0.29) is 17.7 Å². The van der Waals surface area contributed by atoms with Gasteiger partial charge in [-0.05, 0) is 26.8 Å². The van der Waals surface area contributed by atoms with Gasteiger partial charge in [-0.1, -0.05) is 6.07 Å². The van der Waals surface area contributed by atoms with E-state index in [2.05, 4.69) is 0 Å². The van der Waals surface area contributed by atoms with E-state index in [0.717, 1.165) is 0 Å². The first-order valence-electron chi connectivity index (χ1n) is 6.55. The van der Waals surface area contributed by atoms with Crippen molar-refractivity contribution in [3.8, 4) is 0 Å². The van der Waals surface area contributed by atoms with Crippen LogP contribution in [0.3, 0.4) is 0 Å². The highest BCUT2D eigenvalue weighted by Crippen LogP contribution is 2.21. The van der Waals surface area contributed by atoms with Gasteiger partial charge in [0.2, 0.25) is 0 Å². The number of nitro benzene ring substituents is 1. The van der Waals surface area contributed by atoms with Gasteiger partial charge in [-0.15, -0.1) is 0 Å². The van der Waals surface area contributed by atoms with Crippen molar-refractivity contribution in [2.75, 3.05) is 6.54 Å². The van der Waals surface area contributed by atoms with Gasteiger partial charge >= 0.3 is 5.97 Å². The lowest BCUT2D eigenvalue weighted by atomic mass is 10.1.